The van der Waals surface area contributed by atoms with Gasteiger partial charge in [0.2, 0.25) is 4.38 Å². The SMILES string of the molecule is CCOC(=S)Sc1ccc(CCC(=O)O)cc1. The van der Waals surface area contributed by atoms with E-state index in [1.54, 1.807) is 0 Å². The number of aryl methyl sites for hydroxylation is 1. The van der Waals surface area contributed by atoms with Crippen LogP contribution in [0.2, 0.25) is 0 Å². The van der Waals surface area contributed by atoms with Gasteiger partial charge in [0.05, 0.1) is 6.61 Å². The standard InChI is InChI=1S/C12H14O3S2/c1-2-15-12(16)17-10-6-3-9(4-7-10)5-8-11(13)14/h3-4,6-7H,2,5,8H2,1H3,(H,13,14). The molecule has 0 fully saturated rings. The summed E-state index contributed by atoms with van der Waals surface area (Å²) in [4.78, 5) is 11.4. The van der Waals surface area contributed by atoms with Gasteiger partial charge in [-0.25, -0.2) is 0 Å². The molecule has 0 spiro atoms. The fourth-order valence-electron chi connectivity index (χ4n) is 1.22. The van der Waals surface area contributed by atoms with Crippen LogP contribution in [0.25, 0.3) is 0 Å². The van der Waals surface area contributed by atoms with Gasteiger partial charge < -0.3 is 9.84 Å². The van der Waals surface area contributed by atoms with Crippen LogP contribution in [-0.4, -0.2) is 22.1 Å². The molecular weight excluding hydrogens is 256 g/mol. The summed E-state index contributed by atoms with van der Waals surface area (Å²) < 4.78 is 5.68. The van der Waals surface area contributed by atoms with Crippen molar-refractivity contribution in [2.75, 3.05) is 6.61 Å². The highest BCUT2D eigenvalue weighted by atomic mass is 32.2. The molecule has 0 aliphatic rings. The highest BCUT2D eigenvalue weighted by molar-refractivity contribution is 8.22. The zero-order valence-electron chi connectivity index (χ0n) is 9.51. The van der Waals surface area contributed by atoms with Gasteiger partial charge in [-0.1, -0.05) is 12.1 Å². The van der Waals surface area contributed by atoms with E-state index in [0.717, 1.165) is 10.5 Å². The Morgan fingerprint density at radius 3 is 2.59 bits per heavy atom. The van der Waals surface area contributed by atoms with Crippen LogP contribution in [0.5, 0.6) is 0 Å². The molecule has 3 nitrogen and oxygen atoms in total. The summed E-state index contributed by atoms with van der Waals surface area (Å²) in [6.07, 6.45) is 0.708. The van der Waals surface area contributed by atoms with Crippen LogP contribution in [0.3, 0.4) is 0 Å². The van der Waals surface area contributed by atoms with Crippen molar-refractivity contribution in [2.24, 2.45) is 0 Å². The van der Waals surface area contributed by atoms with E-state index in [2.05, 4.69) is 0 Å². The Bertz CT molecular complexity index is 387. The van der Waals surface area contributed by atoms with Crippen LogP contribution in [0.15, 0.2) is 29.2 Å². The molecule has 1 rings (SSSR count). The van der Waals surface area contributed by atoms with Gasteiger partial charge in [0.15, 0.2) is 0 Å². The molecule has 1 aromatic rings. The number of carbonyl (C=O) groups is 1. The maximum absolute atomic E-state index is 10.4. The Morgan fingerprint density at radius 1 is 1.41 bits per heavy atom. The third kappa shape index (κ3) is 5.70. The number of rotatable bonds is 5. The smallest absolute Gasteiger partial charge is 0.303 e. The predicted molar refractivity (Wildman–Crippen MR) is 72.5 cm³/mol. The summed E-state index contributed by atoms with van der Waals surface area (Å²) in [6.45, 7) is 2.46. The largest absolute Gasteiger partial charge is 0.481 e. The fraction of sp³-hybridized carbons (Fsp3) is 0.333. The molecule has 0 bridgehead atoms. The Labute approximate surface area is 110 Å². The third-order valence-electron chi connectivity index (χ3n) is 2.01. The number of carboxylic acids is 1. The molecule has 0 amide bonds. The van der Waals surface area contributed by atoms with Crippen LogP contribution in [0.1, 0.15) is 18.9 Å². The molecule has 0 aliphatic carbocycles. The molecule has 0 atom stereocenters. The average molecular weight is 270 g/mol. The van der Waals surface area contributed by atoms with Crippen molar-refractivity contribution < 1.29 is 14.6 Å². The van der Waals surface area contributed by atoms with E-state index in [4.69, 9.17) is 22.1 Å². The van der Waals surface area contributed by atoms with E-state index in [1.165, 1.54) is 11.8 Å². The first-order valence-corrected chi connectivity index (χ1v) is 6.49. The quantitative estimate of drug-likeness (QED) is 0.658. The van der Waals surface area contributed by atoms with E-state index in [9.17, 15) is 4.79 Å². The van der Waals surface area contributed by atoms with Crippen LogP contribution in [-0.2, 0) is 16.0 Å². The van der Waals surface area contributed by atoms with Crippen molar-refractivity contribution in [2.45, 2.75) is 24.7 Å². The topological polar surface area (TPSA) is 46.5 Å². The van der Waals surface area contributed by atoms with E-state index in [1.807, 2.05) is 31.2 Å². The maximum atomic E-state index is 10.4. The van der Waals surface area contributed by atoms with E-state index in [0.29, 0.717) is 17.4 Å². The Balaban J connectivity index is 2.49. The number of benzene rings is 1. The molecule has 5 heteroatoms. The summed E-state index contributed by atoms with van der Waals surface area (Å²) in [5.74, 6) is -0.777. The Kier molecular flexibility index (Phi) is 6.00. The lowest BCUT2D eigenvalue weighted by Crippen LogP contribution is -1.97. The summed E-state index contributed by atoms with van der Waals surface area (Å²) in [5, 5.41) is 8.57. The predicted octanol–water partition coefficient (Wildman–Crippen LogP) is 3.12. The third-order valence-corrected chi connectivity index (χ3v) is 3.17. The lowest BCUT2D eigenvalue weighted by Gasteiger charge is -2.05. The second kappa shape index (κ2) is 7.29. The zero-order valence-corrected chi connectivity index (χ0v) is 11.1. The number of thioether (sulfide) groups is 1. The number of hydrogen-bond donors (Lipinski definition) is 1. The minimum absolute atomic E-state index is 0.157. The average Bonchev–Trinajstić information content (AvgIpc) is 2.28. The number of aliphatic carboxylic acids is 1. The van der Waals surface area contributed by atoms with Gasteiger partial charge in [-0.3, -0.25) is 4.79 Å². The van der Waals surface area contributed by atoms with E-state index in [-0.39, 0.29) is 6.42 Å². The van der Waals surface area contributed by atoms with Crippen molar-refractivity contribution in [1.82, 2.24) is 0 Å². The molecule has 0 radical (unpaired) electrons. The molecule has 1 aromatic carbocycles. The van der Waals surface area contributed by atoms with Crippen molar-refractivity contribution in [3.63, 3.8) is 0 Å². The number of thiocarbonyl (C=S) groups is 1. The first-order chi connectivity index (χ1) is 8.11. The van der Waals surface area contributed by atoms with Gasteiger partial charge in [-0.2, -0.15) is 0 Å². The number of carboxylic acid groups (broad SMARTS) is 1. The van der Waals surface area contributed by atoms with Crippen LogP contribution in [0, 0.1) is 0 Å². The van der Waals surface area contributed by atoms with Crippen LogP contribution in [0.4, 0.5) is 0 Å². The van der Waals surface area contributed by atoms with E-state index < -0.39 is 5.97 Å². The molecule has 0 aromatic heterocycles. The monoisotopic (exact) mass is 270 g/mol. The molecule has 0 unspecified atom stereocenters. The van der Waals surface area contributed by atoms with Crippen LogP contribution >= 0.6 is 24.0 Å². The highest BCUT2D eigenvalue weighted by Crippen LogP contribution is 2.21. The molecule has 0 heterocycles. The lowest BCUT2D eigenvalue weighted by atomic mass is 10.1. The minimum Gasteiger partial charge on any atom is -0.481 e. The summed E-state index contributed by atoms with van der Waals surface area (Å²) in [5.41, 5.74) is 1.01. The Morgan fingerprint density at radius 2 is 2.06 bits per heavy atom. The molecule has 0 saturated carbocycles. The molecule has 0 aliphatic heterocycles. The number of ether oxygens (including phenoxy) is 1. The molecule has 1 N–H and O–H groups in total. The van der Waals surface area contributed by atoms with Crippen molar-refractivity contribution in [3.05, 3.63) is 29.8 Å². The summed E-state index contributed by atoms with van der Waals surface area (Å²) in [7, 11) is 0. The first kappa shape index (κ1) is 14.0. The highest BCUT2D eigenvalue weighted by Gasteiger charge is 2.02. The second-order valence-electron chi connectivity index (χ2n) is 3.32. The Hall–Kier alpha value is -1.07. The van der Waals surface area contributed by atoms with Gasteiger partial charge in [0.1, 0.15) is 0 Å². The van der Waals surface area contributed by atoms with Crippen LogP contribution < -0.4 is 0 Å². The van der Waals surface area contributed by atoms with Gasteiger partial charge in [-0.05, 0) is 55.0 Å². The maximum Gasteiger partial charge on any atom is 0.303 e. The van der Waals surface area contributed by atoms with Gasteiger partial charge in [-0.15, -0.1) is 0 Å². The zero-order chi connectivity index (χ0) is 12.7. The number of hydrogen-bond acceptors (Lipinski definition) is 4. The summed E-state index contributed by atoms with van der Waals surface area (Å²) >= 11 is 6.41. The molecule has 0 saturated heterocycles. The first-order valence-electron chi connectivity index (χ1n) is 5.27. The van der Waals surface area contributed by atoms with Crippen molar-refractivity contribution >= 4 is 34.3 Å². The minimum atomic E-state index is -0.777. The molecular formula is C12H14O3S2. The molecule has 17 heavy (non-hydrogen) atoms. The van der Waals surface area contributed by atoms with Gasteiger partial charge >= 0.3 is 5.97 Å². The summed E-state index contributed by atoms with van der Waals surface area (Å²) in [6, 6.07) is 7.68. The van der Waals surface area contributed by atoms with Gasteiger partial charge in [0.25, 0.3) is 0 Å². The fourth-order valence-corrected chi connectivity index (χ4v) is 2.27. The van der Waals surface area contributed by atoms with Crippen molar-refractivity contribution in [3.8, 4) is 0 Å². The van der Waals surface area contributed by atoms with E-state index >= 15 is 0 Å². The second-order valence-corrected chi connectivity index (χ2v) is 5.00. The van der Waals surface area contributed by atoms with Crippen molar-refractivity contribution in [1.29, 1.82) is 0 Å². The van der Waals surface area contributed by atoms with Gasteiger partial charge in [0, 0.05) is 11.3 Å². The normalized spacial score (nSPS) is 9.94. The lowest BCUT2D eigenvalue weighted by molar-refractivity contribution is -0.136. The molecule has 92 valence electrons.